The maximum Gasteiger partial charge on any atom is 0.257 e. The van der Waals surface area contributed by atoms with Crippen molar-refractivity contribution in [2.45, 2.75) is 20.0 Å². The molecule has 2 rings (SSSR count). The van der Waals surface area contributed by atoms with Gasteiger partial charge in [-0.3, -0.25) is 4.79 Å². The van der Waals surface area contributed by atoms with Crippen molar-refractivity contribution in [2.75, 3.05) is 18.4 Å². The summed E-state index contributed by atoms with van der Waals surface area (Å²) in [6.07, 6.45) is 3.11. The minimum absolute atomic E-state index is 0.00886. The highest BCUT2D eigenvalue weighted by Crippen LogP contribution is 2.18. The van der Waals surface area contributed by atoms with Crippen LogP contribution in [0, 0.1) is 5.82 Å². The number of rotatable bonds is 7. The Balaban J connectivity index is 1.81. The second kappa shape index (κ2) is 8.07. The largest absolute Gasteiger partial charge is 0.472 e. The van der Waals surface area contributed by atoms with Crippen LogP contribution in [0.15, 0.2) is 36.7 Å². The van der Waals surface area contributed by atoms with Gasteiger partial charge in [0.15, 0.2) is 5.82 Å². The second-order valence-corrected chi connectivity index (χ2v) is 5.07. The highest BCUT2D eigenvalue weighted by molar-refractivity contribution is 5.94. The first-order valence-electron chi connectivity index (χ1n) is 7.31. The predicted molar refractivity (Wildman–Crippen MR) is 85.0 cm³/mol. The lowest BCUT2D eigenvalue weighted by Crippen LogP contribution is -2.29. The number of hydrogen-bond acceptors (Lipinski definition) is 5. The number of aromatic nitrogens is 2. The van der Waals surface area contributed by atoms with Crippen LogP contribution in [0.3, 0.4) is 0 Å². The number of anilines is 1. The highest BCUT2D eigenvalue weighted by Gasteiger charge is 2.08. The quantitative estimate of drug-likeness (QED) is 0.766. The summed E-state index contributed by atoms with van der Waals surface area (Å²) in [5.74, 6) is 0.317. The molecule has 1 heterocycles. The normalized spacial score (nSPS) is 10.4. The van der Waals surface area contributed by atoms with Gasteiger partial charge in [0.1, 0.15) is 5.82 Å². The van der Waals surface area contributed by atoms with Gasteiger partial charge in [0, 0.05) is 31.0 Å². The lowest BCUT2D eigenvalue weighted by Gasteiger charge is -2.13. The summed E-state index contributed by atoms with van der Waals surface area (Å²) < 4.78 is 18.4. The minimum Gasteiger partial charge on any atom is -0.472 e. The van der Waals surface area contributed by atoms with E-state index in [0.717, 1.165) is 0 Å². The van der Waals surface area contributed by atoms with Crippen LogP contribution >= 0.6 is 0 Å². The van der Waals surface area contributed by atoms with Crippen LogP contribution in [-0.2, 0) is 0 Å². The number of amides is 1. The number of benzene rings is 1. The van der Waals surface area contributed by atoms with Gasteiger partial charge in [-0.05, 0) is 38.1 Å². The molecule has 0 fully saturated rings. The van der Waals surface area contributed by atoms with E-state index in [2.05, 4.69) is 20.6 Å². The van der Waals surface area contributed by atoms with Gasteiger partial charge in [0.05, 0.1) is 6.10 Å². The van der Waals surface area contributed by atoms with E-state index < -0.39 is 0 Å². The Morgan fingerprint density at radius 2 is 1.87 bits per heavy atom. The van der Waals surface area contributed by atoms with E-state index in [-0.39, 0.29) is 17.8 Å². The van der Waals surface area contributed by atoms with E-state index in [9.17, 15) is 9.18 Å². The third kappa shape index (κ3) is 5.21. The molecule has 0 saturated carbocycles. The van der Waals surface area contributed by atoms with Crippen molar-refractivity contribution in [3.05, 3.63) is 48.0 Å². The number of halogens is 1. The fourth-order valence-electron chi connectivity index (χ4n) is 1.82. The minimum atomic E-state index is -0.372. The lowest BCUT2D eigenvalue weighted by molar-refractivity contribution is 0.0955. The molecule has 23 heavy (non-hydrogen) atoms. The topological polar surface area (TPSA) is 76.1 Å². The van der Waals surface area contributed by atoms with Crippen LogP contribution in [0.1, 0.15) is 24.2 Å². The molecule has 122 valence electrons. The third-order valence-corrected chi connectivity index (χ3v) is 2.82. The SMILES string of the molecule is CC(C)Oc1nccnc1NCCNC(=O)c1ccc(F)cc1. The Labute approximate surface area is 134 Å². The number of carbonyl (C=O) groups excluding carboxylic acids is 1. The van der Waals surface area contributed by atoms with Crippen molar-refractivity contribution in [1.82, 2.24) is 15.3 Å². The zero-order chi connectivity index (χ0) is 16.7. The maximum absolute atomic E-state index is 12.8. The Morgan fingerprint density at radius 1 is 1.17 bits per heavy atom. The summed E-state index contributed by atoms with van der Waals surface area (Å²) in [7, 11) is 0. The molecule has 6 nitrogen and oxygen atoms in total. The van der Waals surface area contributed by atoms with Crippen molar-refractivity contribution in [2.24, 2.45) is 0 Å². The molecule has 0 bridgehead atoms. The molecule has 0 atom stereocenters. The molecule has 0 spiro atoms. The standard InChI is InChI=1S/C16H19FN4O2/c1-11(2)23-16-14(19-8-10-21-16)18-7-9-20-15(22)12-3-5-13(17)6-4-12/h3-6,8,10-11H,7,9H2,1-2H3,(H,18,19)(H,20,22). The Bertz CT molecular complexity index is 647. The summed E-state index contributed by atoms with van der Waals surface area (Å²) in [6, 6.07) is 5.38. The van der Waals surface area contributed by atoms with E-state index in [1.807, 2.05) is 13.8 Å². The number of ether oxygens (including phenoxy) is 1. The molecule has 0 aliphatic heterocycles. The monoisotopic (exact) mass is 318 g/mol. The van der Waals surface area contributed by atoms with Crippen LogP contribution in [-0.4, -0.2) is 35.1 Å². The average molecular weight is 318 g/mol. The first-order valence-corrected chi connectivity index (χ1v) is 7.31. The summed E-state index contributed by atoms with van der Waals surface area (Å²) in [6.45, 7) is 4.65. The average Bonchev–Trinajstić information content (AvgIpc) is 2.53. The van der Waals surface area contributed by atoms with E-state index in [1.54, 1.807) is 12.4 Å². The first kappa shape index (κ1) is 16.7. The van der Waals surface area contributed by atoms with Gasteiger partial charge in [-0.1, -0.05) is 0 Å². The van der Waals surface area contributed by atoms with Crippen LogP contribution < -0.4 is 15.4 Å². The van der Waals surface area contributed by atoms with Gasteiger partial charge in [-0.2, -0.15) is 0 Å². The molecule has 2 aromatic rings. The molecule has 7 heteroatoms. The number of nitrogens with one attached hydrogen (secondary N) is 2. The molecule has 1 amide bonds. The second-order valence-electron chi connectivity index (χ2n) is 5.07. The van der Waals surface area contributed by atoms with E-state index >= 15 is 0 Å². The van der Waals surface area contributed by atoms with E-state index in [0.29, 0.717) is 30.4 Å². The molecule has 2 N–H and O–H groups in total. The number of nitrogens with zero attached hydrogens (tertiary/aromatic N) is 2. The van der Waals surface area contributed by atoms with Crippen molar-refractivity contribution < 1.29 is 13.9 Å². The molecule has 0 saturated heterocycles. The van der Waals surface area contributed by atoms with Gasteiger partial charge in [0.2, 0.25) is 0 Å². The van der Waals surface area contributed by atoms with Crippen molar-refractivity contribution in [3.63, 3.8) is 0 Å². The summed E-state index contributed by atoms with van der Waals surface area (Å²) >= 11 is 0. The van der Waals surface area contributed by atoms with Crippen LogP contribution in [0.4, 0.5) is 10.2 Å². The summed E-state index contributed by atoms with van der Waals surface area (Å²) in [5.41, 5.74) is 0.412. The van der Waals surface area contributed by atoms with Crippen molar-refractivity contribution in [3.8, 4) is 5.88 Å². The lowest BCUT2D eigenvalue weighted by atomic mass is 10.2. The third-order valence-electron chi connectivity index (χ3n) is 2.82. The molecule has 0 unspecified atom stereocenters. The van der Waals surface area contributed by atoms with Gasteiger partial charge >= 0.3 is 0 Å². The fraction of sp³-hybridized carbons (Fsp3) is 0.312. The molecular weight excluding hydrogens is 299 g/mol. The van der Waals surface area contributed by atoms with E-state index in [4.69, 9.17) is 4.74 Å². The van der Waals surface area contributed by atoms with Crippen molar-refractivity contribution in [1.29, 1.82) is 0 Å². The fourth-order valence-corrected chi connectivity index (χ4v) is 1.82. The first-order chi connectivity index (χ1) is 11.1. The van der Waals surface area contributed by atoms with Gasteiger partial charge in [-0.25, -0.2) is 14.4 Å². The van der Waals surface area contributed by atoms with Gasteiger partial charge < -0.3 is 15.4 Å². The van der Waals surface area contributed by atoms with Gasteiger partial charge in [0.25, 0.3) is 11.8 Å². The smallest absolute Gasteiger partial charge is 0.257 e. The molecule has 0 aliphatic carbocycles. The molecule has 1 aromatic carbocycles. The molecular formula is C16H19FN4O2. The highest BCUT2D eigenvalue weighted by atomic mass is 19.1. The van der Waals surface area contributed by atoms with E-state index in [1.165, 1.54) is 24.3 Å². The predicted octanol–water partition coefficient (Wildman–Crippen LogP) is 2.24. The van der Waals surface area contributed by atoms with Gasteiger partial charge in [-0.15, -0.1) is 0 Å². The zero-order valence-corrected chi connectivity index (χ0v) is 13.0. The number of carbonyl (C=O) groups is 1. The Kier molecular flexibility index (Phi) is 5.85. The molecule has 1 aromatic heterocycles. The van der Waals surface area contributed by atoms with Crippen LogP contribution in [0.25, 0.3) is 0 Å². The number of hydrogen-bond donors (Lipinski definition) is 2. The maximum atomic E-state index is 12.8. The molecule has 0 aliphatic rings. The Hall–Kier alpha value is -2.70. The molecule has 0 radical (unpaired) electrons. The summed E-state index contributed by atoms with van der Waals surface area (Å²) in [5, 5.41) is 5.80. The Morgan fingerprint density at radius 3 is 2.57 bits per heavy atom. The van der Waals surface area contributed by atoms with Crippen molar-refractivity contribution >= 4 is 11.7 Å². The summed E-state index contributed by atoms with van der Waals surface area (Å²) in [4.78, 5) is 20.1. The van der Waals surface area contributed by atoms with Crippen LogP contribution in [0.2, 0.25) is 0 Å². The van der Waals surface area contributed by atoms with Crippen LogP contribution in [0.5, 0.6) is 5.88 Å². The zero-order valence-electron chi connectivity index (χ0n) is 13.0.